The van der Waals surface area contributed by atoms with Crippen LogP contribution in [0, 0.1) is 0 Å². The molecule has 1 fully saturated rings. The number of ether oxygens (including phenoxy) is 1. The predicted octanol–water partition coefficient (Wildman–Crippen LogP) is 3.31. The van der Waals surface area contributed by atoms with Crippen LogP contribution in [0.25, 0.3) is 11.1 Å². The van der Waals surface area contributed by atoms with Crippen LogP contribution in [0.3, 0.4) is 0 Å². The molecule has 1 aliphatic heterocycles. The van der Waals surface area contributed by atoms with E-state index in [9.17, 15) is 9.59 Å². The van der Waals surface area contributed by atoms with Gasteiger partial charge >= 0.3 is 5.97 Å². The maximum atomic E-state index is 12.2. The summed E-state index contributed by atoms with van der Waals surface area (Å²) in [4.78, 5) is 30.0. The normalized spacial score (nSPS) is 14.2. The van der Waals surface area contributed by atoms with Crippen LogP contribution in [0.1, 0.15) is 34.7 Å². The molecular weight excluding hydrogens is 332 g/mol. The van der Waals surface area contributed by atoms with E-state index < -0.39 is 5.97 Å². The first-order valence-electron chi connectivity index (χ1n) is 8.57. The van der Waals surface area contributed by atoms with Gasteiger partial charge in [0.05, 0.1) is 5.56 Å². The summed E-state index contributed by atoms with van der Waals surface area (Å²) in [5, 5.41) is 0. The molecule has 0 radical (unpaired) electrons. The summed E-state index contributed by atoms with van der Waals surface area (Å²) in [6.07, 6.45) is 1.54. The Hall–Kier alpha value is -3.15. The van der Waals surface area contributed by atoms with Crippen LogP contribution < -0.4 is 0 Å². The van der Waals surface area contributed by atoms with Gasteiger partial charge in [-0.05, 0) is 36.2 Å². The molecule has 0 spiro atoms. The smallest absolute Gasteiger partial charge is 0.338 e. The van der Waals surface area contributed by atoms with Crippen molar-refractivity contribution in [3.8, 4) is 0 Å². The minimum atomic E-state index is -0.434. The van der Waals surface area contributed by atoms with E-state index in [1.54, 1.807) is 12.1 Å². The van der Waals surface area contributed by atoms with E-state index in [2.05, 4.69) is 4.98 Å². The highest BCUT2D eigenvalue weighted by atomic mass is 16.5. The Balaban J connectivity index is 1.36. The lowest BCUT2D eigenvalue weighted by Gasteiger charge is -2.15. The average Bonchev–Trinajstić information content (AvgIpc) is 3.26. The quantitative estimate of drug-likeness (QED) is 0.660. The second-order valence-electron chi connectivity index (χ2n) is 6.27. The van der Waals surface area contributed by atoms with Gasteiger partial charge in [-0.25, -0.2) is 9.78 Å². The summed E-state index contributed by atoms with van der Waals surface area (Å²) in [6.45, 7) is 1.36. The molecule has 26 heavy (non-hydrogen) atoms. The van der Waals surface area contributed by atoms with Gasteiger partial charge in [-0.3, -0.25) is 4.79 Å². The number of benzene rings is 2. The highest BCUT2D eigenvalue weighted by Crippen LogP contribution is 2.17. The number of carbonyl (C=O) groups excluding carboxylic acids is 2. The largest absolute Gasteiger partial charge is 0.452 e. The molecule has 6 heteroatoms. The second kappa shape index (κ2) is 7.00. The maximum absolute atomic E-state index is 12.2. The highest BCUT2D eigenvalue weighted by Gasteiger charge is 2.20. The third kappa shape index (κ3) is 3.44. The van der Waals surface area contributed by atoms with Gasteiger partial charge in [0.15, 0.2) is 12.2 Å². The monoisotopic (exact) mass is 350 g/mol. The van der Waals surface area contributed by atoms with E-state index in [0.29, 0.717) is 30.0 Å². The lowest BCUT2D eigenvalue weighted by atomic mass is 10.1. The number of hydrogen-bond donors (Lipinski definition) is 0. The minimum Gasteiger partial charge on any atom is -0.452 e. The predicted molar refractivity (Wildman–Crippen MR) is 94.2 cm³/mol. The Morgan fingerprint density at radius 3 is 2.69 bits per heavy atom. The van der Waals surface area contributed by atoms with Gasteiger partial charge in [0, 0.05) is 19.5 Å². The summed E-state index contributed by atoms with van der Waals surface area (Å²) in [6, 6.07) is 14.5. The number of rotatable bonds is 5. The number of aromatic nitrogens is 1. The summed E-state index contributed by atoms with van der Waals surface area (Å²) in [5.41, 5.74) is 2.85. The van der Waals surface area contributed by atoms with Crippen LogP contribution in [0.2, 0.25) is 0 Å². The Labute approximate surface area is 150 Å². The van der Waals surface area contributed by atoms with Crippen molar-refractivity contribution < 1.29 is 18.7 Å². The zero-order valence-electron chi connectivity index (χ0n) is 14.2. The van der Waals surface area contributed by atoms with E-state index in [0.717, 1.165) is 24.0 Å². The summed E-state index contributed by atoms with van der Waals surface area (Å²) < 4.78 is 10.8. The molecule has 1 saturated heterocycles. The van der Waals surface area contributed by atoms with Gasteiger partial charge in [0.1, 0.15) is 5.52 Å². The molecule has 0 unspecified atom stereocenters. The Kier molecular flexibility index (Phi) is 4.39. The Morgan fingerprint density at radius 2 is 1.96 bits per heavy atom. The number of hydrogen-bond acceptors (Lipinski definition) is 5. The van der Waals surface area contributed by atoms with Crippen molar-refractivity contribution >= 4 is 23.0 Å². The number of para-hydroxylation sites is 2. The zero-order valence-corrected chi connectivity index (χ0v) is 14.2. The first-order chi connectivity index (χ1) is 12.7. The van der Waals surface area contributed by atoms with Crippen molar-refractivity contribution in [2.75, 3.05) is 6.54 Å². The van der Waals surface area contributed by atoms with Gasteiger partial charge in [-0.15, -0.1) is 0 Å². The van der Waals surface area contributed by atoms with Gasteiger partial charge in [0.2, 0.25) is 11.8 Å². The number of carbonyl (C=O) groups is 2. The molecule has 1 amide bonds. The van der Waals surface area contributed by atoms with Crippen LogP contribution in [0.5, 0.6) is 0 Å². The molecule has 0 atom stereocenters. The fourth-order valence-electron chi connectivity index (χ4n) is 3.03. The molecule has 0 N–H and O–H groups in total. The van der Waals surface area contributed by atoms with Crippen LogP contribution in [-0.4, -0.2) is 28.3 Å². The lowest BCUT2D eigenvalue weighted by molar-refractivity contribution is -0.128. The van der Waals surface area contributed by atoms with Gasteiger partial charge in [-0.2, -0.15) is 0 Å². The van der Waals surface area contributed by atoms with Crippen LogP contribution in [-0.2, 0) is 22.7 Å². The molecule has 0 saturated carbocycles. The van der Waals surface area contributed by atoms with E-state index in [4.69, 9.17) is 9.15 Å². The number of oxazole rings is 1. The molecule has 0 aliphatic carbocycles. The van der Waals surface area contributed by atoms with Crippen molar-refractivity contribution in [2.24, 2.45) is 0 Å². The Morgan fingerprint density at radius 1 is 1.15 bits per heavy atom. The number of fused-ring (bicyclic) bond motifs is 1. The molecule has 2 aromatic carbocycles. The Bertz CT molecular complexity index is 913. The summed E-state index contributed by atoms with van der Waals surface area (Å²) in [7, 11) is 0. The molecule has 132 valence electrons. The van der Waals surface area contributed by atoms with E-state index in [1.165, 1.54) is 0 Å². The number of likely N-dealkylation sites (tertiary alicyclic amines) is 1. The minimum absolute atomic E-state index is 0.0163. The first-order valence-corrected chi connectivity index (χ1v) is 8.57. The topological polar surface area (TPSA) is 72.6 Å². The molecular formula is C20H18N2O4. The molecule has 0 bridgehead atoms. The SMILES string of the molecule is O=C(OCc1nc2ccccc2o1)c1ccc(CN2CCCC2=O)cc1. The fraction of sp³-hybridized carbons (Fsp3) is 0.250. The van der Waals surface area contributed by atoms with Crippen molar-refractivity contribution in [3.63, 3.8) is 0 Å². The third-order valence-corrected chi connectivity index (χ3v) is 4.40. The van der Waals surface area contributed by atoms with Crippen molar-refractivity contribution in [2.45, 2.75) is 26.0 Å². The summed E-state index contributed by atoms with van der Waals surface area (Å²) >= 11 is 0. The molecule has 6 nitrogen and oxygen atoms in total. The zero-order chi connectivity index (χ0) is 17.9. The van der Waals surface area contributed by atoms with Crippen LogP contribution in [0.15, 0.2) is 52.9 Å². The summed E-state index contributed by atoms with van der Waals surface area (Å²) in [5.74, 6) is 0.117. The maximum Gasteiger partial charge on any atom is 0.338 e. The highest BCUT2D eigenvalue weighted by molar-refractivity contribution is 5.89. The molecule has 1 aromatic heterocycles. The number of amides is 1. The van der Waals surface area contributed by atoms with Crippen molar-refractivity contribution in [1.29, 1.82) is 0 Å². The third-order valence-electron chi connectivity index (χ3n) is 4.40. The van der Waals surface area contributed by atoms with Gasteiger partial charge in [0.25, 0.3) is 0 Å². The van der Waals surface area contributed by atoms with E-state index >= 15 is 0 Å². The lowest BCUT2D eigenvalue weighted by Crippen LogP contribution is -2.23. The van der Waals surface area contributed by atoms with Crippen LogP contribution >= 0.6 is 0 Å². The standard InChI is InChI=1S/C20H18N2O4/c23-19-6-3-11-22(19)12-14-7-9-15(10-8-14)20(24)25-13-18-21-16-4-1-2-5-17(16)26-18/h1-2,4-5,7-10H,3,6,11-13H2. The van der Waals surface area contributed by atoms with Crippen LogP contribution in [0.4, 0.5) is 0 Å². The first kappa shape index (κ1) is 16.3. The van der Waals surface area contributed by atoms with Gasteiger partial charge < -0.3 is 14.1 Å². The second-order valence-corrected chi connectivity index (χ2v) is 6.27. The van der Waals surface area contributed by atoms with Crippen molar-refractivity contribution in [3.05, 3.63) is 65.5 Å². The van der Waals surface area contributed by atoms with Crippen molar-refractivity contribution in [1.82, 2.24) is 9.88 Å². The van der Waals surface area contributed by atoms with E-state index in [-0.39, 0.29) is 12.5 Å². The number of nitrogens with zero attached hydrogens (tertiary/aromatic N) is 2. The van der Waals surface area contributed by atoms with E-state index in [1.807, 2.05) is 41.3 Å². The molecule has 1 aliphatic rings. The van der Waals surface area contributed by atoms with Gasteiger partial charge in [-0.1, -0.05) is 24.3 Å². The average molecular weight is 350 g/mol. The molecule has 2 heterocycles. The fourth-order valence-corrected chi connectivity index (χ4v) is 3.03. The molecule has 3 aromatic rings. The number of esters is 1. The molecule has 4 rings (SSSR count).